The van der Waals surface area contributed by atoms with Crippen molar-refractivity contribution in [2.75, 3.05) is 0 Å². The van der Waals surface area contributed by atoms with E-state index in [0.29, 0.717) is 0 Å². The van der Waals surface area contributed by atoms with Gasteiger partial charge >= 0.3 is 0 Å². The molecule has 1 heterocycles. The molecule has 0 bridgehead atoms. The van der Waals surface area contributed by atoms with Crippen LogP contribution in [0.4, 0.5) is 0 Å². The molecule has 3 rings (SSSR count). The van der Waals surface area contributed by atoms with Gasteiger partial charge in [-0.3, -0.25) is 0 Å². The monoisotopic (exact) mass is 392 g/mol. The second kappa shape index (κ2) is 8.86. The molecular weight excluding hydrogens is 354 g/mol. The third kappa shape index (κ3) is 4.54. The topological polar surface area (TPSA) is 3.24 Å². The third-order valence-electron chi connectivity index (χ3n) is 6.66. The third-order valence-corrected chi connectivity index (χ3v) is 8.18. The fraction of sp³-hybridized carbons (Fsp3) is 0.538. The Morgan fingerprint density at radius 3 is 2.39 bits per heavy atom. The Morgan fingerprint density at radius 2 is 1.79 bits per heavy atom. The van der Waals surface area contributed by atoms with Crippen molar-refractivity contribution >= 4 is 8.80 Å². The Hall–Kier alpha value is -1.54. The molecule has 151 valence electrons. The van der Waals surface area contributed by atoms with Gasteiger partial charge in [-0.2, -0.15) is 0 Å². The number of hydrogen-bond acceptors (Lipinski definition) is 1. The van der Waals surface area contributed by atoms with Gasteiger partial charge in [0.25, 0.3) is 0 Å². The molecule has 1 nitrogen and oxygen atoms in total. The normalized spacial score (nSPS) is 21.0. The van der Waals surface area contributed by atoms with Gasteiger partial charge in [0.2, 0.25) is 0 Å². The first-order valence-electron chi connectivity index (χ1n) is 11.0. The van der Waals surface area contributed by atoms with Crippen LogP contribution in [-0.2, 0) is 0 Å². The van der Waals surface area contributed by atoms with Gasteiger partial charge in [-0.15, -0.1) is 0 Å². The molecule has 1 fully saturated rings. The molecular formula is C26H38NSi. The van der Waals surface area contributed by atoms with E-state index in [0.717, 1.165) is 11.6 Å². The first-order chi connectivity index (χ1) is 13.3. The summed E-state index contributed by atoms with van der Waals surface area (Å²) in [5.74, 6) is 0.877. The molecule has 1 aromatic rings. The summed E-state index contributed by atoms with van der Waals surface area (Å²) < 4.78 is 0. The van der Waals surface area contributed by atoms with Crippen molar-refractivity contribution in [3.8, 4) is 0 Å². The minimum Gasteiger partial charge on any atom is -0.342 e. The lowest BCUT2D eigenvalue weighted by Gasteiger charge is -2.38. The molecule has 0 amide bonds. The van der Waals surface area contributed by atoms with Gasteiger partial charge in [-0.1, -0.05) is 75.5 Å². The fourth-order valence-electron chi connectivity index (χ4n) is 4.96. The Kier molecular flexibility index (Phi) is 6.70. The molecule has 28 heavy (non-hydrogen) atoms. The largest absolute Gasteiger partial charge is 0.342 e. The van der Waals surface area contributed by atoms with Gasteiger partial charge in [0.15, 0.2) is 0 Å². The summed E-state index contributed by atoms with van der Waals surface area (Å²) in [4.78, 5) is 2.43. The molecule has 0 spiro atoms. The lowest BCUT2D eigenvalue weighted by Crippen LogP contribution is -2.28. The molecule has 0 aromatic heterocycles. The summed E-state index contributed by atoms with van der Waals surface area (Å²) in [5.41, 5.74) is 8.38. The molecule has 1 atom stereocenters. The van der Waals surface area contributed by atoms with Crippen molar-refractivity contribution in [1.82, 2.24) is 4.90 Å². The van der Waals surface area contributed by atoms with Crippen molar-refractivity contribution in [2.45, 2.75) is 85.4 Å². The van der Waals surface area contributed by atoms with Crippen molar-refractivity contribution in [1.29, 1.82) is 0 Å². The van der Waals surface area contributed by atoms with Gasteiger partial charge in [-0.25, -0.2) is 0 Å². The second-order valence-corrected chi connectivity index (χ2v) is 11.9. The summed E-state index contributed by atoms with van der Waals surface area (Å²) >= 11 is 0. The second-order valence-electron chi connectivity index (χ2n) is 9.33. The van der Waals surface area contributed by atoms with E-state index in [1.54, 1.807) is 10.8 Å². The maximum atomic E-state index is 4.33. The average Bonchev–Trinajstić information content (AvgIpc) is 2.64. The van der Waals surface area contributed by atoms with Crippen LogP contribution in [0.25, 0.3) is 0 Å². The van der Waals surface area contributed by atoms with E-state index in [1.165, 1.54) is 60.8 Å². The smallest absolute Gasteiger partial charge is 0.0814 e. The molecule has 1 saturated carbocycles. The van der Waals surface area contributed by atoms with Crippen LogP contribution in [-0.4, -0.2) is 13.7 Å². The number of benzene rings is 1. The highest BCUT2D eigenvalue weighted by Gasteiger charge is 2.28. The first kappa shape index (κ1) is 21.2. The van der Waals surface area contributed by atoms with E-state index in [2.05, 4.69) is 76.7 Å². The van der Waals surface area contributed by atoms with Crippen LogP contribution in [0.3, 0.4) is 0 Å². The van der Waals surface area contributed by atoms with E-state index in [1.807, 2.05) is 0 Å². The fourth-order valence-corrected chi connectivity index (χ4v) is 6.19. The summed E-state index contributed by atoms with van der Waals surface area (Å²) in [6.45, 7) is 18.1. The van der Waals surface area contributed by atoms with Crippen LogP contribution in [0.2, 0.25) is 13.1 Å². The average molecular weight is 393 g/mol. The maximum absolute atomic E-state index is 4.33. The maximum Gasteiger partial charge on any atom is 0.0814 e. The van der Waals surface area contributed by atoms with Crippen LogP contribution >= 0.6 is 0 Å². The molecule has 0 saturated heterocycles. The molecule has 0 N–H and O–H groups in total. The molecule has 1 aromatic carbocycles. The molecule has 1 aliphatic carbocycles. The van der Waals surface area contributed by atoms with Crippen LogP contribution in [0.5, 0.6) is 0 Å². The number of aryl methyl sites for hydroxylation is 2. The highest BCUT2D eigenvalue weighted by molar-refractivity contribution is 6.65. The lowest BCUT2D eigenvalue weighted by atomic mass is 9.83. The van der Waals surface area contributed by atoms with Crippen molar-refractivity contribution < 1.29 is 0 Å². The van der Waals surface area contributed by atoms with Crippen LogP contribution in [0.15, 0.2) is 47.5 Å². The highest BCUT2D eigenvalue weighted by Crippen LogP contribution is 2.40. The standard InChI is InChI=1S/C26H38NSi/c1-18(2)27-17-26(28(6)7)23(15-22-11-9-8-10-12-22)16-25(27)24-14-19(3)13-20(4)21(24)5/h13-14,16-17,22,25H,1,8-12,15H2,2-7H3. The van der Waals surface area contributed by atoms with Crippen molar-refractivity contribution in [3.63, 3.8) is 0 Å². The van der Waals surface area contributed by atoms with Gasteiger partial charge in [0, 0.05) is 11.9 Å². The predicted molar refractivity (Wildman–Crippen MR) is 125 cm³/mol. The lowest BCUT2D eigenvalue weighted by molar-refractivity contribution is 0.350. The molecule has 1 unspecified atom stereocenters. The molecule has 1 radical (unpaired) electrons. The van der Waals surface area contributed by atoms with E-state index < -0.39 is 8.80 Å². The van der Waals surface area contributed by atoms with Gasteiger partial charge < -0.3 is 4.90 Å². The van der Waals surface area contributed by atoms with Gasteiger partial charge in [0.05, 0.1) is 14.8 Å². The number of nitrogens with zero attached hydrogens (tertiary/aromatic N) is 1. The minimum atomic E-state index is -0.519. The number of allylic oxidation sites excluding steroid dienone is 3. The van der Waals surface area contributed by atoms with E-state index in [4.69, 9.17) is 0 Å². The zero-order valence-corrected chi connectivity index (χ0v) is 19.9. The van der Waals surface area contributed by atoms with Crippen molar-refractivity contribution in [2.24, 2.45) is 5.92 Å². The Balaban J connectivity index is 2.04. The highest BCUT2D eigenvalue weighted by atomic mass is 28.3. The predicted octanol–water partition coefficient (Wildman–Crippen LogP) is 7.58. The zero-order valence-electron chi connectivity index (χ0n) is 18.9. The zero-order chi connectivity index (χ0) is 20.4. The molecule has 1 aliphatic heterocycles. The van der Waals surface area contributed by atoms with Crippen LogP contribution < -0.4 is 0 Å². The first-order valence-corrected chi connectivity index (χ1v) is 13.5. The SMILES string of the molecule is C=C(C)N1C=C([Si](C)C)C(CC2CCCCC2)=CC1c1cc(C)cc(C)c1C. The Morgan fingerprint density at radius 1 is 1.11 bits per heavy atom. The number of hydrogen-bond donors (Lipinski definition) is 0. The number of rotatable bonds is 5. The van der Waals surface area contributed by atoms with Gasteiger partial charge in [-0.05, 0) is 67.5 Å². The Labute approximate surface area is 174 Å². The van der Waals surface area contributed by atoms with E-state index in [-0.39, 0.29) is 6.04 Å². The quantitative estimate of drug-likeness (QED) is 0.467. The minimum absolute atomic E-state index is 0.278. The van der Waals surface area contributed by atoms with E-state index in [9.17, 15) is 0 Å². The van der Waals surface area contributed by atoms with Gasteiger partial charge in [0.1, 0.15) is 0 Å². The van der Waals surface area contributed by atoms with Crippen LogP contribution in [0, 0.1) is 26.7 Å². The Bertz CT molecular complexity index is 793. The summed E-state index contributed by atoms with van der Waals surface area (Å²) in [6, 6.07) is 4.97. The summed E-state index contributed by atoms with van der Waals surface area (Å²) in [6.07, 6.45) is 13.4. The summed E-state index contributed by atoms with van der Waals surface area (Å²) in [5, 5.41) is 1.61. The van der Waals surface area contributed by atoms with Crippen molar-refractivity contribution in [3.05, 3.63) is 69.7 Å². The van der Waals surface area contributed by atoms with Crippen LogP contribution in [0.1, 0.15) is 73.7 Å². The summed E-state index contributed by atoms with van der Waals surface area (Å²) in [7, 11) is -0.519. The molecule has 2 heteroatoms. The van der Waals surface area contributed by atoms with E-state index >= 15 is 0 Å². The molecule has 2 aliphatic rings.